The van der Waals surface area contributed by atoms with Gasteiger partial charge in [0.25, 0.3) is 0 Å². The Balaban J connectivity index is 1.64. The van der Waals surface area contributed by atoms with Crippen LogP contribution in [0.4, 0.5) is 4.79 Å². The van der Waals surface area contributed by atoms with Gasteiger partial charge in [-0.15, -0.1) is 0 Å². The van der Waals surface area contributed by atoms with Crippen molar-refractivity contribution in [3.8, 4) is 11.1 Å². The van der Waals surface area contributed by atoms with Crippen molar-refractivity contribution >= 4 is 18.0 Å². The van der Waals surface area contributed by atoms with E-state index < -0.39 is 30.1 Å². The molecule has 2 atom stereocenters. The Hall–Kier alpha value is -3.35. The highest BCUT2D eigenvalue weighted by Gasteiger charge is 2.30. The summed E-state index contributed by atoms with van der Waals surface area (Å²) in [4.78, 5) is 37.0. The van der Waals surface area contributed by atoms with Gasteiger partial charge in [0.05, 0.1) is 0 Å². The standard InChI is InChI=1S/C27H34N2O5/c1-3-5-15-23(25(30)28-24(26(31)32)16-6-4-2)29-27(33)34-17-22-20-13-9-7-11-18(20)19-12-8-10-14-21(19)22/h7-14,22-24H,3-6,15-17H2,1-2H3,(H,28,30)(H,29,33)(H,31,32)/t23?,24-/m0/s1. The van der Waals surface area contributed by atoms with Crippen LogP contribution in [0.15, 0.2) is 48.5 Å². The maximum Gasteiger partial charge on any atom is 0.407 e. The van der Waals surface area contributed by atoms with Crippen molar-refractivity contribution in [2.75, 3.05) is 6.61 Å². The smallest absolute Gasteiger partial charge is 0.407 e. The van der Waals surface area contributed by atoms with Crippen molar-refractivity contribution in [2.24, 2.45) is 0 Å². The highest BCUT2D eigenvalue weighted by Crippen LogP contribution is 2.44. The zero-order valence-electron chi connectivity index (χ0n) is 19.9. The number of fused-ring (bicyclic) bond motifs is 3. The predicted molar refractivity (Wildman–Crippen MR) is 131 cm³/mol. The number of amides is 2. The average Bonchev–Trinajstić information content (AvgIpc) is 3.16. The van der Waals surface area contributed by atoms with Crippen molar-refractivity contribution in [3.63, 3.8) is 0 Å². The number of rotatable bonds is 12. The fourth-order valence-electron chi connectivity index (χ4n) is 4.40. The molecule has 1 aliphatic rings. The van der Waals surface area contributed by atoms with Crippen LogP contribution in [0.1, 0.15) is 69.4 Å². The average molecular weight is 467 g/mol. The molecule has 3 N–H and O–H groups in total. The van der Waals surface area contributed by atoms with Crippen LogP contribution in [-0.4, -0.2) is 41.8 Å². The van der Waals surface area contributed by atoms with E-state index in [1.54, 1.807) is 0 Å². The SMILES string of the molecule is CCCCC(NC(=O)OCC1c2ccccc2-c2ccccc21)C(=O)N[C@@H](CCCC)C(=O)O. The number of hydrogen-bond acceptors (Lipinski definition) is 4. The Morgan fingerprint density at radius 1 is 0.853 bits per heavy atom. The largest absolute Gasteiger partial charge is 0.480 e. The second-order valence-corrected chi connectivity index (χ2v) is 8.71. The molecule has 0 aromatic heterocycles. The minimum atomic E-state index is -1.07. The third-order valence-electron chi connectivity index (χ3n) is 6.26. The van der Waals surface area contributed by atoms with Crippen LogP contribution >= 0.6 is 0 Å². The summed E-state index contributed by atoms with van der Waals surface area (Å²) in [5, 5.41) is 14.7. The van der Waals surface area contributed by atoms with E-state index in [1.807, 2.05) is 50.2 Å². The first-order chi connectivity index (χ1) is 16.5. The molecule has 2 aromatic carbocycles. The number of aliphatic carboxylic acids is 1. The molecule has 7 nitrogen and oxygen atoms in total. The molecular formula is C27H34N2O5. The predicted octanol–water partition coefficient (Wildman–Crippen LogP) is 4.84. The van der Waals surface area contributed by atoms with Gasteiger partial charge in [-0.25, -0.2) is 9.59 Å². The molecule has 7 heteroatoms. The number of carboxylic acid groups (broad SMARTS) is 1. The van der Waals surface area contributed by atoms with Crippen LogP contribution in [0.2, 0.25) is 0 Å². The van der Waals surface area contributed by atoms with E-state index in [4.69, 9.17) is 4.74 Å². The molecule has 2 aromatic rings. The summed E-state index contributed by atoms with van der Waals surface area (Å²) < 4.78 is 5.57. The molecule has 34 heavy (non-hydrogen) atoms. The monoisotopic (exact) mass is 466 g/mol. The van der Waals surface area contributed by atoms with Gasteiger partial charge >= 0.3 is 12.1 Å². The molecule has 0 heterocycles. The van der Waals surface area contributed by atoms with E-state index >= 15 is 0 Å². The number of alkyl carbamates (subject to hydrolysis) is 1. The number of hydrogen-bond donors (Lipinski definition) is 3. The van der Waals surface area contributed by atoms with E-state index in [-0.39, 0.29) is 12.5 Å². The van der Waals surface area contributed by atoms with Gasteiger partial charge in [0.2, 0.25) is 5.91 Å². The summed E-state index contributed by atoms with van der Waals surface area (Å²) in [5.74, 6) is -1.64. The first-order valence-corrected chi connectivity index (χ1v) is 12.1. The minimum absolute atomic E-state index is 0.0773. The van der Waals surface area contributed by atoms with Gasteiger partial charge < -0.3 is 20.5 Å². The van der Waals surface area contributed by atoms with Crippen molar-refractivity contribution in [1.29, 1.82) is 0 Å². The number of carbonyl (C=O) groups is 3. The lowest BCUT2D eigenvalue weighted by atomic mass is 9.98. The third-order valence-corrected chi connectivity index (χ3v) is 6.26. The molecular weight excluding hydrogens is 432 g/mol. The van der Waals surface area contributed by atoms with Crippen molar-refractivity contribution in [2.45, 2.75) is 70.4 Å². The molecule has 3 rings (SSSR count). The number of nitrogens with one attached hydrogen (secondary N) is 2. The summed E-state index contributed by atoms with van der Waals surface area (Å²) in [5.41, 5.74) is 4.49. The first-order valence-electron chi connectivity index (χ1n) is 12.1. The lowest BCUT2D eigenvalue weighted by Gasteiger charge is -2.22. The maximum atomic E-state index is 12.8. The van der Waals surface area contributed by atoms with Crippen molar-refractivity contribution in [3.05, 3.63) is 59.7 Å². The fourth-order valence-corrected chi connectivity index (χ4v) is 4.40. The Labute approximate surface area is 200 Å². The fraction of sp³-hybridized carbons (Fsp3) is 0.444. The third kappa shape index (κ3) is 6.16. The highest BCUT2D eigenvalue weighted by atomic mass is 16.5. The lowest BCUT2D eigenvalue weighted by Crippen LogP contribution is -2.51. The molecule has 0 spiro atoms. The van der Waals surface area contributed by atoms with Gasteiger partial charge in [-0.3, -0.25) is 4.79 Å². The molecule has 1 unspecified atom stereocenters. The lowest BCUT2D eigenvalue weighted by molar-refractivity contribution is -0.142. The summed E-state index contributed by atoms with van der Waals surface area (Å²) in [6.45, 7) is 4.10. The maximum absolute atomic E-state index is 12.8. The zero-order valence-corrected chi connectivity index (χ0v) is 19.9. The number of carboxylic acids is 1. The minimum Gasteiger partial charge on any atom is -0.480 e. The van der Waals surface area contributed by atoms with Crippen molar-refractivity contribution < 1.29 is 24.2 Å². The van der Waals surface area contributed by atoms with Crippen LogP contribution in [-0.2, 0) is 14.3 Å². The molecule has 2 amide bonds. The van der Waals surface area contributed by atoms with E-state index in [1.165, 1.54) is 0 Å². The van der Waals surface area contributed by atoms with Crippen LogP contribution in [0.3, 0.4) is 0 Å². The molecule has 0 saturated heterocycles. The van der Waals surface area contributed by atoms with Gasteiger partial charge in [0, 0.05) is 5.92 Å². The van der Waals surface area contributed by atoms with E-state index in [0.717, 1.165) is 35.1 Å². The molecule has 0 saturated carbocycles. The summed E-state index contributed by atoms with van der Waals surface area (Å²) in [6.07, 6.45) is 3.16. The molecule has 0 fully saturated rings. The summed E-state index contributed by atoms with van der Waals surface area (Å²) >= 11 is 0. The van der Waals surface area contributed by atoms with Gasteiger partial charge in [-0.05, 0) is 35.1 Å². The van der Waals surface area contributed by atoms with E-state index in [0.29, 0.717) is 25.7 Å². The molecule has 182 valence electrons. The number of carbonyl (C=O) groups excluding carboxylic acids is 2. The highest BCUT2D eigenvalue weighted by molar-refractivity contribution is 5.89. The molecule has 1 aliphatic carbocycles. The zero-order chi connectivity index (χ0) is 24.5. The molecule has 0 bridgehead atoms. The van der Waals surface area contributed by atoms with E-state index in [9.17, 15) is 19.5 Å². The first kappa shape index (κ1) is 25.3. The van der Waals surface area contributed by atoms with Gasteiger partial charge in [0.15, 0.2) is 0 Å². The quantitative estimate of drug-likeness (QED) is 0.415. The number of unbranched alkanes of at least 4 members (excludes halogenated alkanes) is 2. The van der Waals surface area contributed by atoms with Gasteiger partial charge in [0.1, 0.15) is 18.7 Å². The second-order valence-electron chi connectivity index (χ2n) is 8.71. The molecule has 0 radical (unpaired) electrons. The van der Waals surface area contributed by atoms with E-state index in [2.05, 4.69) is 22.8 Å². The normalized spacial score (nSPS) is 13.9. The Kier molecular flexibility index (Phi) is 9.08. The van der Waals surface area contributed by atoms with Gasteiger partial charge in [-0.2, -0.15) is 0 Å². The summed E-state index contributed by atoms with van der Waals surface area (Å²) in [7, 11) is 0. The second kappa shape index (κ2) is 12.2. The van der Waals surface area contributed by atoms with Crippen LogP contribution < -0.4 is 10.6 Å². The van der Waals surface area contributed by atoms with Gasteiger partial charge in [-0.1, -0.05) is 88.1 Å². The van der Waals surface area contributed by atoms with Crippen molar-refractivity contribution in [1.82, 2.24) is 10.6 Å². The Bertz CT molecular complexity index is 961. The Morgan fingerprint density at radius 3 is 1.91 bits per heavy atom. The Morgan fingerprint density at radius 2 is 1.38 bits per heavy atom. The van der Waals surface area contributed by atoms with Crippen LogP contribution in [0, 0.1) is 0 Å². The number of ether oxygens (including phenoxy) is 1. The summed E-state index contributed by atoms with van der Waals surface area (Å²) in [6, 6.07) is 14.3. The van der Waals surface area contributed by atoms with Crippen LogP contribution in [0.25, 0.3) is 11.1 Å². The topological polar surface area (TPSA) is 105 Å². The van der Waals surface area contributed by atoms with Crippen LogP contribution in [0.5, 0.6) is 0 Å². The number of benzene rings is 2. The molecule has 0 aliphatic heterocycles.